The number of hydrogen-bond donors (Lipinski definition) is 2. The van der Waals surface area contributed by atoms with Gasteiger partial charge in [0, 0.05) is 29.7 Å². The van der Waals surface area contributed by atoms with E-state index < -0.39 is 5.69 Å². The van der Waals surface area contributed by atoms with Crippen LogP contribution in [0.15, 0.2) is 53.3 Å². The highest BCUT2D eigenvalue weighted by Gasteiger charge is 2.27. The minimum Gasteiger partial charge on any atom is -0.324 e. The fourth-order valence-corrected chi connectivity index (χ4v) is 3.53. The Labute approximate surface area is 171 Å². The summed E-state index contributed by atoms with van der Waals surface area (Å²) in [5.41, 5.74) is 0.747. The van der Waals surface area contributed by atoms with Crippen molar-refractivity contribution in [3.63, 3.8) is 0 Å². The van der Waals surface area contributed by atoms with Gasteiger partial charge in [0.05, 0.1) is 5.69 Å². The van der Waals surface area contributed by atoms with Crippen molar-refractivity contribution in [2.45, 2.75) is 18.8 Å². The van der Waals surface area contributed by atoms with Crippen LogP contribution < -0.4 is 11.0 Å². The number of H-pyrrole nitrogens is 1. The number of carbonyl (C=O) groups is 1. The summed E-state index contributed by atoms with van der Waals surface area (Å²) in [5, 5.41) is 7.83. The zero-order valence-corrected chi connectivity index (χ0v) is 16.2. The van der Waals surface area contributed by atoms with Crippen LogP contribution in [0.3, 0.4) is 0 Å². The van der Waals surface area contributed by atoms with E-state index in [1.807, 2.05) is 0 Å². The van der Waals surface area contributed by atoms with E-state index in [0.29, 0.717) is 35.3 Å². The quantitative estimate of drug-likeness (QED) is 0.683. The van der Waals surface area contributed by atoms with Crippen molar-refractivity contribution >= 4 is 23.3 Å². The van der Waals surface area contributed by atoms with Crippen LogP contribution in [0.25, 0.3) is 5.69 Å². The van der Waals surface area contributed by atoms with E-state index in [1.54, 1.807) is 29.2 Å². The lowest BCUT2D eigenvalue weighted by molar-refractivity contribution is 0.191. The predicted molar refractivity (Wildman–Crippen MR) is 108 cm³/mol. The van der Waals surface area contributed by atoms with E-state index in [9.17, 15) is 14.0 Å². The molecule has 0 aliphatic carbocycles. The van der Waals surface area contributed by atoms with Crippen LogP contribution in [0, 0.1) is 5.82 Å². The molecule has 1 fully saturated rings. The summed E-state index contributed by atoms with van der Waals surface area (Å²) in [6, 6.07) is 12.2. The molecule has 2 N–H and O–H groups in total. The molecule has 1 saturated heterocycles. The number of aromatic amines is 1. The maximum Gasteiger partial charge on any atom is 0.348 e. The van der Waals surface area contributed by atoms with Crippen LogP contribution in [0.2, 0.25) is 5.02 Å². The number of likely N-dealkylation sites (tertiary alicyclic amines) is 1. The van der Waals surface area contributed by atoms with Crippen molar-refractivity contribution in [3.8, 4) is 5.69 Å². The van der Waals surface area contributed by atoms with Gasteiger partial charge in [-0.3, -0.25) is 4.98 Å². The van der Waals surface area contributed by atoms with Gasteiger partial charge >= 0.3 is 11.7 Å². The van der Waals surface area contributed by atoms with E-state index in [1.165, 1.54) is 28.9 Å². The SMILES string of the molecule is O=C(Nc1ccc(Cl)cc1)N1CCCC(c2nn(-c3ccc(F)cc3)c(=O)[nH]2)C1. The molecular formula is C20H19ClFN5O2. The molecule has 1 aliphatic heterocycles. The Kier molecular flexibility index (Phi) is 5.35. The Morgan fingerprint density at radius 2 is 1.90 bits per heavy atom. The Hall–Kier alpha value is -3.13. The third-order valence-corrected chi connectivity index (χ3v) is 5.15. The smallest absolute Gasteiger partial charge is 0.324 e. The molecule has 1 unspecified atom stereocenters. The van der Waals surface area contributed by atoms with Gasteiger partial charge in [0.25, 0.3) is 0 Å². The number of nitrogens with one attached hydrogen (secondary N) is 2. The Bertz CT molecular complexity index is 1060. The van der Waals surface area contributed by atoms with Crippen LogP contribution in [0.1, 0.15) is 24.6 Å². The Morgan fingerprint density at radius 3 is 2.62 bits per heavy atom. The molecule has 7 nitrogen and oxygen atoms in total. The number of anilines is 1. The number of piperidine rings is 1. The molecular weight excluding hydrogens is 397 g/mol. The molecule has 29 heavy (non-hydrogen) atoms. The van der Waals surface area contributed by atoms with Gasteiger partial charge in [-0.2, -0.15) is 4.68 Å². The van der Waals surface area contributed by atoms with Crippen molar-refractivity contribution in [2.75, 3.05) is 18.4 Å². The summed E-state index contributed by atoms with van der Waals surface area (Å²) in [6.07, 6.45) is 1.60. The monoisotopic (exact) mass is 415 g/mol. The van der Waals surface area contributed by atoms with Gasteiger partial charge in [0.1, 0.15) is 11.6 Å². The maximum atomic E-state index is 13.1. The zero-order valence-electron chi connectivity index (χ0n) is 15.4. The topological polar surface area (TPSA) is 83.0 Å². The van der Waals surface area contributed by atoms with Crippen molar-refractivity contribution in [3.05, 3.63) is 75.7 Å². The first-order valence-corrected chi connectivity index (χ1v) is 9.64. The second-order valence-electron chi connectivity index (χ2n) is 6.93. The Balaban J connectivity index is 1.47. The number of urea groups is 1. The number of rotatable bonds is 3. The van der Waals surface area contributed by atoms with E-state index in [0.717, 1.165) is 12.8 Å². The molecule has 2 aromatic carbocycles. The third-order valence-electron chi connectivity index (χ3n) is 4.90. The lowest BCUT2D eigenvalue weighted by Crippen LogP contribution is -2.41. The lowest BCUT2D eigenvalue weighted by Gasteiger charge is -2.31. The molecule has 0 saturated carbocycles. The molecule has 0 bridgehead atoms. The van der Waals surface area contributed by atoms with Crippen LogP contribution in [0.4, 0.5) is 14.9 Å². The van der Waals surface area contributed by atoms with Crippen molar-refractivity contribution in [1.29, 1.82) is 0 Å². The first kappa shape index (κ1) is 19.2. The lowest BCUT2D eigenvalue weighted by atomic mass is 9.98. The summed E-state index contributed by atoms with van der Waals surface area (Å²) < 4.78 is 14.3. The first-order valence-electron chi connectivity index (χ1n) is 9.26. The van der Waals surface area contributed by atoms with Gasteiger partial charge in [0.15, 0.2) is 0 Å². The molecule has 1 aliphatic rings. The summed E-state index contributed by atoms with van der Waals surface area (Å²) in [4.78, 5) is 29.4. The number of amides is 2. The number of halogens is 2. The van der Waals surface area contributed by atoms with Crippen LogP contribution in [-0.2, 0) is 0 Å². The zero-order chi connectivity index (χ0) is 20.4. The Morgan fingerprint density at radius 1 is 1.17 bits per heavy atom. The molecule has 1 aromatic heterocycles. The normalized spacial score (nSPS) is 16.6. The van der Waals surface area contributed by atoms with Gasteiger partial charge in [-0.25, -0.2) is 14.0 Å². The van der Waals surface area contributed by atoms with Crippen LogP contribution >= 0.6 is 11.6 Å². The van der Waals surface area contributed by atoms with Crippen molar-refractivity contribution in [1.82, 2.24) is 19.7 Å². The number of benzene rings is 2. The second-order valence-corrected chi connectivity index (χ2v) is 7.36. The fraction of sp³-hybridized carbons (Fsp3) is 0.250. The summed E-state index contributed by atoms with van der Waals surface area (Å²) in [5.74, 6) is 0.0459. The standard InChI is InChI=1S/C20H19ClFN5O2/c21-14-3-7-16(8-4-14)23-19(28)26-11-1-2-13(12-26)18-24-20(29)27(25-18)17-9-5-15(22)6-10-17/h3-10,13H,1-2,11-12H2,(H,23,28)(H,24,25,29). The van der Waals surface area contributed by atoms with E-state index in [2.05, 4.69) is 15.4 Å². The number of aromatic nitrogens is 3. The van der Waals surface area contributed by atoms with Gasteiger partial charge in [-0.15, -0.1) is 5.10 Å². The van der Waals surface area contributed by atoms with Gasteiger partial charge in [-0.1, -0.05) is 11.6 Å². The average Bonchev–Trinajstić information content (AvgIpc) is 3.12. The highest BCUT2D eigenvalue weighted by Crippen LogP contribution is 2.25. The number of nitrogens with zero attached hydrogens (tertiary/aromatic N) is 3. The predicted octanol–water partition coefficient (Wildman–Crippen LogP) is 3.76. The van der Waals surface area contributed by atoms with E-state index >= 15 is 0 Å². The highest BCUT2D eigenvalue weighted by atomic mass is 35.5. The molecule has 4 rings (SSSR count). The van der Waals surface area contributed by atoms with E-state index in [-0.39, 0.29) is 17.8 Å². The minimum absolute atomic E-state index is 0.0888. The van der Waals surface area contributed by atoms with Crippen LogP contribution in [-0.4, -0.2) is 38.8 Å². The summed E-state index contributed by atoms with van der Waals surface area (Å²) in [6.45, 7) is 1.06. The largest absolute Gasteiger partial charge is 0.348 e. The number of carbonyl (C=O) groups excluding carboxylic acids is 1. The minimum atomic E-state index is -0.394. The second kappa shape index (κ2) is 8.08. The summed E-state index contributed by atoms with van der Waals surface area (Å²) >= 11 is 5.87. The van der Waals surface area contributed by atoms with Gasteiger partial charge in [0.2, 0.25) is 0 Å². The van der Waals surface area contributed by atoms with E-state index in [4.69, 9.17) is 11.6 Å². The highest BCUT2D eigenvalue weighted by molar-refractivity contribution is 6.30. The molecule has 0 radical (unpaired) electrons. The first-order chi connectivity index (χ1) is 14.0. The molecule has 0 spiro atoms. The maximum absolute atomic E-state index is 13.1. The average molecular weight is 416 g/mol. The fourth-order valence-electron chi connectivity index (χ4n) is 3.40. The number of hydrogen-bond acceptors (Lipinski definition) is 3. The third kappa shape index (κ3) is 4.32. The van der Waals surface area contributed by atoms with Crippen molar-refractivity contribution in [2.24, 2.45) is 0 Å². The molecule has 2 amide bonds. The molecule has 9 heteroatoms. The van der Waals surface area contributed by atoms with Crippen molar-refractivity contribution < 1.29 is 9.18 Å². The molecule has 150 valence electrons. The molecule has 1 atom stereocenters. The molecule has 3 aromatic rings. The molecule has 2 heterocycles. The van der Waals surface area contributed by atoms with Gasteiger partial charge in [-0.05, 0) is 61.4 Å². The summed E-state index contributed by atoms with van der Waals surface area (Å²) in [7, 11) is 0. The van der Waals surface area contributed by atoms with Gasteiger partial charge < -0.3 is 10.2 Å². The van der Waals surface area contributed by atoms with Crippen LogP contribution in [0.5, 0.6) is 0 Å².